The predicted molar refractivity (Wildman–Crippen MR) is 69.3 cm³/mol. The van der Waals surface area contributed by atoms with Gasteiger partial charge in [0.1, 0.15) is 17.3 Å². The molecule has 1 rings (SSSR count). The van der Waals surface area contributed by atoms with Crippen LogP contribution in [0.5, 0.6) is 0 Å². The summed E-state index contributed by atoms with van der Waals surface area (Å²) in [4.78, 5) is 23.5. The average Bonchev–Trinajstić information content (AvgIpc) is 2.33. The van der Waals surface area contributed by atoms with Crippen molar-refractivity contribution in [2.75, 3.05) is 25.0 Å². The maximum Gasteiger partial charge on any atom is 0.317 e. The van der Waals surface area contributed by atoms with Crippen LogP contribution in [0.15, 0.2) is 30.9 Å². The van der Waals surface area contributed by atoms with E-state index in [1.165, 1.54) is 17.0 Å². The van der Waals surface area contributed by atoms with Crippen molar-refractivity contribution >= 4 is 17.6 Å². The summed E-state index contributed by atoms with van der Waals surface area (Å²) in [7, 11) is 0. The van der Waals surface area contributed by atoms with E-state index in [1.807, 2.05) is 0 Å². The van der Waals surface area contributed by atoms with Gasteiger partial charge in [-0.2, -0.15) is 0 Å². The molecule has 0 aliphatic rings. The van der Waals surface area contributed by atoms with Crippen LogP contribution < -0.4 is 5.32 Å². The minimum atomic E-state index is -1.11. The molecule has 20 heavy (non-hydrogen) atoms. The van der Waals surface area contributed by atoms with Gasteiger partial charge in [0, 0.05) is 6.54 Å². The van der Waals surface area contributed by atoms with E-state index in [0.717, 1.165) is 12.1 Å². The molecular weight excluding hydrogens is 270 g/mol. The van der Waals surface area contributed by atoms with Gasteiger partial charge in [0.05, 0.1) is 13.1 Å². The van der Waals surface area contributed by atoms with E-state index in [0.29, 0.717) is 0 Å². The Hall–Kier alpha value is -2.28. The van der Waals surface area contributed by atoms with Gasteiger partial charge in [-0.15, -0.1) is 6.58 Å². The van der Waals surface area contributed by atoms with Gasteiger partial charge in [0.15, 0.2) is 0 Å². The zero-order chi connectivity index (χ0) is 15.1. The number of para-hydroxylation sites is 1. The lowest BCUT2D eigenvalue weighted by molar-refractivity contribution is -0.138. The highest BCUT2D eigenvalue weighted by Gasteiger charge is 2.16. The van der Waals surface area contributed by atoms with Crippen molar-refractivity contribution < 1.29 is 23.5 Å². The predicted octanol–water partition coefficient (Wildman–Crippen LogP) is 1.48. The number of carboxylic acids is 1. The number of halogens is 2. The van der Waals surface area contributed by atoms with Gasteiger partial charge in [-0.25, -0.2) is 8.78 Å². The monoisotopic (exact) mass is 284 g/mol. The first-order valence-corrected chi connectivity index (χ1v) is 5.73. The first kappa shape index (κ1) is 15.8. The van der Waals surface area contributed by atoms with Crippen LogP contribution in [0.2, 0.25) is 0 Å². The standard InChI is InChI=1S/C13H14F2N2O3/c1-2-6-17(8-12(19)20)7-11(18)16-13-9(14)4-3-5-10(13)15/h2-5H,1,6-8H2,(H,16,18)(H,19,20). The van der Waals surface area contributed by atoms with Crippen molar-refractivity contribution in [3.63, 3.8) is 0 Å². The molecule has 0 aliphatic carbocycles. The summed E-state index contributed by atoms with van der Waals surface area (Å²) in [6, 6.07) is 3.20. The molecule has 2 N–H and O–H groups in total. The molecule has 1 amide bonds. The van der Waals surface area contributed by atoms with E-state index in [9.17, 15) is 18.4 Å². The van der Waals surface area contributed by atoms with Crippen LogP contribution in [0.1, 0.15) is 0 Å². The van der Waals surface area contributed by atoms with Crippen LogP contribution in [0, 0.1) is 11.6 Å². The molecule has 0 radical (unpaired) electrons. The number of carbonyl (C=O) groups excluding carboxylic acids is 1. The molecule has 0 atom stereocenters. The number of aliphatic carboxylic acids is 1. The van der Waals surface area contributed by atoms with Gasteiger partial charge in [-0.05, 0) is 12.1 Å². The highest BCUT2D eigenvalue weighted by atomic mass is 19.1. The second-order valence-electron chi connectivity index (χ2n) is 4.00. The van der Waals surface area contributed by atoms with Gasteiger partial charge in [0.2, 0.25) is 5.91 Å². The average molecular weight is 284 g/mol. The number of rotatable bonds is 7. The fourth-order valence-electron chi connectivity index (χ4n) is 1.56. The van der Waals surface area contributed by atoms with Crippen LogP contribution in [0.3, 0.4) is 0 Å². The molecule has 108 valence electrons. The number of amides is 1. The van der Waals surface area contributed by atoms with E-state index in [-0.39, 0.29) is 19.6 Å². The zero-order valence-electron chi connectivity index (χ0n) is 10.6. The molecule has 7 heteroatoms. The molecule has 0 bridgehead atoms. The third-order valence-electron chi connectivity index (χ3n) is 2.34. The smallest absolute Gasteiger partial charge is 0.317 e. The van der Waals surface area contributed by atoms with Crippen LogP contribution in [0.4, 0.5) is 14.5 Å². The maximum absolute atomic E-state index is 13.3. The van der Waals surface area contributed by atoms with Crippen LogP contribution in [-0.2, 0) is 9.59 Å². The summed E-state index contributed by atoms with van der Waals surface area (Å²) in [6.07, 6.45) is 1.43. The lowest BCUT2D eigenvalue weighted by atomic mass is 10.3. The topological polar surface area (TPSA) is 69.6 Å². The number of hydrogen-bond acceptors (Lipinski definition) is 3. The van der Waals surface area contributed by atoms with Crippen molar-refractivity contribution in [2.45, 2.75) is 0 Å². The fraction of sp³-hybridized carbons (Fsp3) is 0.231. The zero-order valence-corrected chi connectivity index (χ0v) is 10.6. The third kappa shape index (κ3) is 4.77. The molecule has 0 aliphatic heterocycles. The Balaban J connectivity index is 2.70. The molecule has 0 saturated heterocycles. The molecule has 0 fully saturated rings. The Kier molecular flexibility index (Phi) is 5.79. The van der Waals surface area contributed by atoms with Crippen molar-refractivity contribution in [2.24, 2.45) is 0 Å². The van der Waals surface area contributed by atoms with E-state index >= 15 is 0 Å². The normalized spacial score (nSPS) is 10.3. The quantitative estimate of drug-likeness (QED) is 0.744. The van der Waals surface area contributed by atoms with Crippen LogP contribution >= 0.6 is 0 Å². The summed E-state index contributed by atoms with van der Waals surface area (Å²) in [5.41, 5.74) is -0.550. The van der Waals surface area contributed by atoms with E-state index < -0.39 is 29.2 Å². The van der Waals surface area contributed by atoms with E-state index in [4.69, 9.17) is 5.11 Å². The van der Waals surface area contributed by atoms with Crippen molar-refractivity contribution in [1.82, 2.24) is 4.90 Å². The second kappa shape index (κ2) is 7.34. The highest BCUT2D eigenvalue weighted by molar-refractivity contribution is 5.92. The SMILES string of the molecule is C=CCN(CC(=O)O)CC(=O)Nc1c(F)cccc1F. The molecule has 1 aromatic carbocycles. The molecule has 0 unspecified atom stereocenters. The van der Waals surface area contributed by atoms with Gasteiger partial charge in [-0.3, -0.25) is 14.5 Å². The Morgan fingerprint density at radius 1 is 1.30 bits per heavy atom. The molecule has 0 aromatic heterocycles. The van der Waals surface area contributed by atoms with Gasteiger partial charge in [-0.1, -0.05) is 12.1 Å². The first-order chi connectivity index (χ1) is 9.43. The summed E-state index contributed by atoms with van der Waals surface area (Å²) in [5, 5.41) is 10.8. The van der Waals surface area contributed by atoms with E-state index in [2.05, 4.69) is 11.9 Å². The highest BCUT2D eigenvalue weighted by Crippen LogP contribution is 2.17. The van der Waals surface area contributed by atoms with Crippen molar-refractivity contribution in [3.05, 3.63) is 42.5 Å². The van der Waals surface area contributed by atoms with Gasteiger partial charge in [0.25, 0.3) is 0 Å². The van der Waals surface area contributed by atoms with Gasteiger partial charge < -0.3 is 10.4 Å². The largest absolute Gasteiger partial charge is 0.480 e. The van der Waals surface area contributed by atoms with Crippen molar-refractivity contribution in [3.8, 4) is 0 Å². The fourth-order valence-corrected chi connectivity index (χ4v) is 1.56. The van der Waals surface area contributed by atoms with Gasteiger partial charge >= 0.3 is 5.97 Å². The molecule has 0 saturated carbocycles. The molecule has 0 spiro atoms. The molecule has 1 aromatic rings. The first-order valence-electron chi connectivity index (χ1n) is 5.73. The Morgan fingerprint density at radius 2 is 1.90 bits per heavy atom. The minimum absolute atomic E-state index is 0.166. The minimum Gasteiger partial charge on any atom is -0.480 e. The number of nitrogens with one attached hydrogen (secondary N) is 1. The number of carboxylic acid groups (broad SMARTS) is 1. The second-order valence-corrected chi connectivity index (χ2v) is 4.00. The molecule has 5 nitrogen and oxygen atoms in total. The number of carbonyl (C=O) groups is 2. The van der Waals surface area contributed by atoms with Crippen molar-refractivity contribution in [1.29, 1.82) is 0 Å². The Labute approximate surface area is 114 Å². The Morgan fingerprint density at radius 3 is 2.40 bits per heavy atom. The summed E-state index contributed by atoms with van der Waals surface area (Å²) in [6.45, 7) is 2.92. The number of anilines is 1. The van der Waals surface area contributed by atoms with Crippen LogP contribution in [0.25, 0.3) is 0 Å². The van der Waals surface area contributed by atoms with Crippen LogP contribution in [-0.4, -0.2) is 41.5 Å². The maximum atomic E-state index is 13.3. The lowest BCUT2D eigenvalue weighted by Gasteiger charge is -2.17. The summed E-state index contributed by atoms with van der Waals surface area (Å²) >= 11 is 0. The number of benzene rings is 1. The summed E-state index contributed by atoms with van der Waals surface area (Å²) < 4.78 is 26.7. The molecular formula is C13H14F2N2O3. The number of nitrogens with zero attached hydrogens (tertiary/aromatic N) is 1. The lowest BCUT2D eigenvalue weighted by Crippen LogP contribution is -2.37. The third-order valence-corrected chi connectivity index (χ3v) is 2.34. The number of hydrogen-bond donors (Lipinski definition) is 2. The van der Waals surface area contributed by atoms with E-state index in [1.54, 1.807) is 0 Å². The Bertz CT molecular complexity index is 500. The molecule has 0 heterocycles. The summed E-state index contributed by atoms with van der Waals surface area (Å²) in [5.74, 6) is -3.62.